The van der Waals surface area contributed by atoms with E-state index in [1.54, 1.807) is 18.4 Å². The van der Waals surface area contributed by atoms with Gasteiger partial charge < -0.3 is 5.32 Å². The largest absolute Gasteiger partial charge is 0.311 e. The minimum Gasteiger partial charge on any atom is -0.311 e. The number of nitrogens with zero attached hydrogens (tertiary/aromatic N) is 2. The number of piperazine rings is 1. The molecule has 1 fully saturated rings. The summed E-state index contributed by atoms with van der Waals surface area (Å²) in [5, 5.41) is 3.50. The van der Waals surface area contributed by atoms with Crippen molar-refractivity contribution in [3.8, 4) is 0 Å². The van der Waals surface area contributed by atoms with Gasteiger partial charge in [0.05, 0.1) is 0 Å². The molecule has 1 aliphatic heterocycles. The van der Waals surface area contributed by atoms with Crippen LogP contribution < -0.4 is 5.32 Å². The number of hydrogen-bond acceptors (Lipinski definition) is 3. The third kappa shape index (κ3) is 4.15. The molecule has 0 aromatic carbocycles. The highest BCUT2D eigenvalue weighted by Gasteiger charge is 2.38. The highest BCUT2D eigenvalue weighted by molar-refractivity contribution is 7.86. The summed E-state index contributed by atoms with van der Waals surface area (Å²) in [6, 6.07) is 0.292. The van der Waals surface area contributed by atoms with E-state index in [2.05, 4.69) is 33.0 Å². The van der Waals surface area contributed by atoms with Crippen molar-refractivity contribution < 1.29 is 8.42 Å². The van der Waals surface area contributed by atoms with Gasteiger partial charge in [0.15, 0.2) is 0 Å². The highest BCUT2D eigenvalue weighted by Crippen LogP contribution is 2.22. The Morgan fingerprint density at radius 3 is 2.26 bits per heavy atom. The highest BCUT2D eigenvalue weighted by atomic mass is 32.2. The third-order valence-corrected chi connectivity index (χ3v) is 5.60. The molecule has 0 spiro atoms. The Labute approximate surface area is 118 Å². The van der Waals surface area contributed by atoms with Gasteiger partial charge in [-0.2, -0.15) is 17.0 Å². The maximum Gasteiger partial charge on any atom is 0.281 e. The Morgan fingerprint density at radius 2 is 1.84 bits per heavy atom. The Kier molecular flexibility index (Phi) is 5.79. The Hall–Kier alpha value is -0.170. The molecule has 0 radical (unpaired) electrons. The van der Waals surface area contributed by atoms with Crippen LogP contribution in [0.4, 0.5) is 0 Å². The summed E-state index contributed by atoms with van der Waals surface area (Å²) in [5.41, 5.74) is 0. The molecule has 0 aromatic heterocycles. The Balaban J connectivity index is 2.92. The van der Waals surface area contributed by atoms with E-state index in [4.69, 9.17) is 0 Å². The predicted octanol–water partition coefficient (Wildman–Crippen LogP) is 1.14. The van der Waals surface area contributed by atoms with Gasteiger partial charge in [0.1, 0.15) is 0 Å². The molecular formula is C13H29N3O2S. The second-order valence-corrected chi connectivity index (χ2v) is 8.50. The van der Waals surface area contributed by atoms with Gasteiger partial charge in [-0.15, -0.1) is 0 Å². The molecule has 5 nitrogen and oxygen atoms in total. The van der Waals surface area contributed by atoms with Crippen molar-refractivity contribution in [2.24, 2.45) is 11.8 Å². The molecule has 0 saturated carbocycles. The van der Waals surface area contributed by atoms with Gasteiger partial charge in [-0.3, -0.25) is 0 Å². The molecule has 2 unspecified atom stereocenters. The van der Waals surface area contributed by atoms with E-state index in [1.165, 1.54) is 4.31 Å². The van der Waals surface area contributed by atoms with Crippen molar-refractivity contribution in [3.63, 3.8) is 0 Å². The first-order chi connectivity index (χ1) is 8.66. The standard InChI is InChI=1S/C13H29N3O2S/c1-10(2)7-12-9-16(19(17,18)15(5)6)13(8-14-12)11(3)4/h10-14H,7-9H2,1-6H3. The molecular weight excluding hydrogens is 262 g/mol. The maximum absolute atomic E-state index is 12.5. The Morgan fingerprint density at radius 1 is 1.26 bits per heavy atom. The molecule has 1 saturated heterocycles. The lowest BCUT2D eigenvalue weighted by atomic mass is 9.97. The van der Waals surface area contributed by atoms with Crippen LogP contribution in [0.15, 0.2) is 0 Å². The number of rotatable bonds is 5. The normalized spacial score (nSPS) is 26.6. The lowest BCUT2D eigenvalue weighted by Crippen LogP contribution is -2.61. The van der Waals surface area contributed by atoms with Crippen molar-refractivity contribution in [2.75, 3.05) is 27.2 Å². The average molecular weight is 291 g/mol. The second-order valence-electron chi connectivity index (χ2n) is 6.41. The van der Waals surface area contributed by atoms with E-state index < -0.39 is 10.2 Å². The van der Waals surface area contributed by atoms with E-state index in [0.29, 0.717) is 18.4 Å². The molecule has 114 valence electrons. The van der Waals surface area contributed by atoms with Gasteiger partial charge in [0, 0.05) is 39.3 Å². The van der Waals surface area contributed by atoms with E-state index in [0.717, 1.165) is 13.0 Å². The first-order valence-electron chi connectivity index (χ1n) is 7.09. The molecule has 1 rings (SSSR count). The average Bonchev–Trinajstić information content (AvgIpc) is 2.27. The zero-order valence-electron chi connectivity index (χ0n) is 13.0. The molecule has 6 heteroatoms. The quantitative estimate of drug-likeness (QED) is 0.826. The van der Waals surface area contributed by atoms with Crippen molar-refractivity contribution in [3.05, 3.63) is 0 Å². The van der Waals surface area contributed by atoms with Gasteiger partial charge in [-0.1, -0.05) is 27.7 Å². The minimum atomic E-state index is -3.34. The third-order valence-electron chi connectivity index (χ3n) is 3.67. The van der Waals surface area contributed by atoms with Crippen molar-refractivity contribution in [2.45, 2.75) is 46.2 Å². The van der Waals surface area contributed by atoms with Crippen molar-refractivity contribution in [1.29, 1.82) is 0 Å². The SMILES string of the molecule is CC(C)CC1CN(S(=O)(=O)N(C)C)C(C(C)C)CN1. The van der Waals surface area contributed by atoms with Gasteiger partial charge >= 0.3 is 0 Å². The van der Waals surface area contributed by atoms with Crippen molar-refractivity contribution in [1.82, 2.24) is 13.9 Å². The lowest BCUT2D eigenvalue weighted by Gasteiger charge is -2.42. The number of nitrogens with one attached hydrogen (secondary N) is 1. The molecule has 0 bridgehead atoms. The van der Waals surface area contributed by atoms with Crippen LogP contribution in [0, 0.1) is 11.8 Å². The topological polar surface area (TPSA) is 52.7 Å². The molecule has 0 amide bonds. The van der Waals surface area contributed by atoms with Crippen LogP contribution >= 0.6 is 0 Å². The molecule has 0 aromatic rings. The summed E-state index contributed by atoms with van der Waals surface area (Å²) in [5.74, 6) is 0.874. The smallest absolute Gasteiger partial charge is 0.281 e. The summed E-state index contributed by atoms with van der Waals surface area (Å²) in [6.45, 7) is 9.80. The summed E-state index contributed by atoms with van der Waals surface area (Å²) in [7, 11) is -0.129. The van der Waals surface area contributed by atoms with Crippen molar-refractivity contribution >= 4 is 10.2 Å². The minimum absolute atomic E-state index is 0.0378. The van der Waals surface area contributed by atoms with E-state index in [-0.39, 0.29) is 12.1 Å². The van der Waals surface area contributed by atoms with E-state index >= 15 is 0 Å². The zero-order chi connectivity index (χ0) is 14.8. The van der Waals surface area contributed by atoms with E-state index in [1.807, 2.05) is 0 Å². The first-order valence-corrected chi connectivity index (χ1v) is 8.48. The fourth-order valence-corrected chi connectivity index (χ4v) is 4.02. The fraction of sp³-hybridized carbons (Fsp3) is 1.00. The first kappa shape index (κ1) is 16.9. The summed E-state index contributed by atoms with van der Waals surface area (Å²) in [6.07, 6.45) is 1.00. The monoisotopic (exact) mass is 291 g/mol. The molecule has 1 N–H and O–H groups in total. The number of hydrogen-bond donors (Lipinski definition) is 1. The molecule has 19 heavy (non-hydrogen) atoms. The maximum atomic E-state index is 12.5. The lowest BCUT2D eigenvalue weighted by molar-refractivity contribution is 0.165. The molecule has 1 aliphatic rings. The van der Waals surface area contributed by atoms with Gasteiger partial charge in [0.2, 0.25) is 0 Å². The molecule has 2 atom stereocenters. The van der Waals surface area contributed by atoms with Gasteiger partial charge in [0.25, 0.3) is 10.2 Å². The van der Waals surface area contributed by atoms with Gasteiger partial charge in [-0.05, 0) is 18.3 Å². The molecule has 0 aliphatic carbocycles. The van der Waals surface area contributed by atoms with Crippen LogP contribution in [0.1, 0.15) is 34.1 Å². The second kappa shape index (κ2) is 6.52. The van der Waals surface area contributed by atoms with Crippen LogP contribution in [0.2, 0.25) is 0 Å². The zero-order valence-corrected chi connectivity index (χ0v) is 13.9. The van der Waals surface area contributed by atoms with E-state index in [9.17, 15) is 8.42 Å². The van der Waals surface area contributed by atoms with Crippen LogP contribution in [-0.2, 0) is 10.2 Å². The summed E-state index contributed by atoms with van der Waals surface area (Å²) in [4.78, 5) is 0. The summed E-state index contributed by atoms with van der Waals surface area (Å²) >= 11 is 0. The van der Waals surface area contributed by atoms with Crippen LogP contribution in [0.25, 0.3) is 0 Å². The Bertz CT molecular complexity index is 379. The predicted molar refractivity (Wildman–Crippen MR) is 79.2 cm³/mol. The van der Waals surface area contributed by atoms with Crippen LogP contribution in [0.3, 0.4) is 0 Å². The van der Waals surface area contributed by atoms with Gasteiger partial charge in [-0.25, -0.2) is 0 Å². The molecule has 1 heterocycles. The van der Waals surface area contributed by atoms with Crippen LogP contribution in [-0.4, -0.2) is 56.3 Å². The fourth-order valence-electron chi connectivity index (χ4n) is 2.58. The summed E-state index contributed by atoms with van der Waals surface area (Å²) < 4.78 is 27.9. The van der Waals surface area contributed by atoms with Crippen LogP contribution in [0.5, 0.6) is 0 Å².